The highest BCUT2D eigenvalue weighted by Crippen LogP contribution is 2.32. The Bertz CT molecular complexity index is 639. The van der Waals surface area contributed by atoms with Crippen molar-refractivity contribution in [3.8, 4) is 0 Å². The van der Waals surface area contributed by atoms with E-state index in [-0.39, 0.29) is 17.1 Å². The van der Waals surface area contributed by atoms with Crippen molar-refractivity contribution in [3.05, 3.63) is 47.8 Å². The van der Waals surface area contributed by atoms with Crippen molar-refractivity contribution < 1.29 is 22.0 Å². The second kappa shape index (κ2) is 4.95. The van der Waals surface area contributed by atoms with Gasteiger partial charge in [-0.1, -0.05) is 0 Å². The number of hydrogen-bond donors (Lipinski definition) is 2. The summed E-state index contributed by atoms with van der Waals surface area (Å²) in [4.78, 5) is 3.13. The molecule has 0 amide bonds. The summed E-state index contributed by atoms with van der Waals surface area (Å²) in [6.07, 6.45) is -3.87. The van der Waals surface area contributed by atoms with Crippen molar-refractivity contribution in [1.82, 2.24) is 4.98 Å². The van der Waals surface area contributed by atoms with Gasteiger partial charge in [-0.2, -0.15) is 13.2 Å². The standard InChI is InChI=1S/C12H8F5N3/c13-6-1-2-7(14)9(3-6)20-10-4-11(12(15,16)17)19-5-8(10)18/h1-5H,18H2,(H,19,20). The third kappa shape index (κ3) is 2.95. The number of rotatable bonds is 2. The smallest absolute Gasteiger partial charge is 0.396 e. The normalized spacial score (nSPS) is 11.4. The molecule has 0 bridgehead atoms. The zero-order valence-corrected chi connectivity index (χ0v) is 9.80. The van der Waals surface area contributed by atoms with Crippen molar-refractivity contribution in [2.24, 2.45) is 0 Å². The van der Waals surface area contributed by atoms with E-state index in [0.29, 0.717) is 6.07 Å². The Kier molecular flexibility index (Phi) is 3.47. The number of nitrogens with one attached hydrogen (secondary N) is 1. The molecule has 0 saturated heterocycles. The van der Waals surface area contributed by atoms with Crippen LogP contribution < -0.4 is 11.1 Å². The van der Waals surface area contributed by atoms with Crippen molar-refractivity contribution in [3.63, 3.8) is 0 Å². The van der Waals surface area contributed by atoms with Crippen LogP contribution in [0.3, 0.4) is 0 Å². The van der Waals surface area contributed by atoms with Gasteiger partial charge in [-0.25, -0.2) is 13.8 Å². The molecule has 3 nitrogen and oxygen atoms in total. The maximum atomic E-state index is 13.4. The van der Waals surface area contributed by atoms with E-state index in [1.54, 1.807) is 0 Å². The van der Waals surface area contributed by atoms with E-state index < -0.39 is 23.5 Å². The van der Waals surface area contributed by atoms with Crippen LogP contribution in [0.2, 0.25) is 0 Å². The molecule has 106 valence electrons. The summed E-state index contributed by atoms with van der Waals surface area (Å²) in [7, 11) is 0. The average molecular weight is 289 g/mol. The first kappa shape index (κ1) is 14.0. The lowest BCUT2D eigenvalue weighted by Gasteiger charge is -2.12. The summed E-state index contributed by atoms with van der Waals surface area (Å²) >= 11 is 0. The number of alkyl halides is 3. The van der Waals surface area contributed by atoms with Gasteiger partial charge in [0, 0.05) is 6.07 Å². The topological polar surface area (TPSA) is 50.9 Å². The number of benzene rings is 1. The summed E-state index contributed by atoms with van der Waals surface area (Å²) in [5.41, 5.74) is 3.61. The predicted octanol–water partition coefficient (Wildman–Crippen LogP) is 3.70. The molecule has 0 radical (unpaired) electrons. The lowest BCUT2D eigenvalue weighted by atomic mass is 10.2. The minimum absolute atomic E-state index is 0.123. The zero-order chi connectivity index (χ0) is 14.9. The van der Waals surface area contributed by atoms with E-state index in [1.807, 2.05) is 0 Å². The van der Waals surface area contributed by atoms with E-state index in [4.69, 9.17) is 5.73 Å². The third-order valence-corrected chi connectivity index (χ3v) is 2.42. The number of nitrogen functional groups attached to an aromatic ring is 1. The minimum atomic E-state index is -4.66. The number of hydrogen-bond acceptors (Lipinski definition) is 3. The minimum Gasteiger partial charge on any atom is -0.396 e. The SMILES string of the molecule is Nc1cnc(C(F)(F)F)cc1Nc1cc(F)ccc1F. The lowest BCUT2D eigenvalue weighted by molar-refractivity contribution is -0.141. The van der Waals surface area contributed by atoms with Gasteiger partial charge in [-0.15, -0.1) is 0 Å². The molecule has 0 aliphatic carbocycles. The number of pyridine rings is 1. The molecule has 8 heteroatoms. The van der Waals surface area contributed by atoms with E-state index in [9.17, 15) is 22.0 Å². The second-order valence-corrected chi connectivity index (χ2v) is 3.90. The molecule has 0 fully saturated rings. The summed E-state index contributed by atoms with van der Waals surface area (Å²) in [5.74, 6) is -1.56. The van der Waals surface area contributed by atoms with Crippen LogP contribution in [0.25, 0.3) is 0 Å². The molecule has 1 aromatic heterocycles. The fraction of sp³-hybridized carbons (Fsp3) is 0.0833. The number of aromatic nitrogens is 1. The third-order valence-electron chi connectivity index (χ3n) is 2.42. The van der Waals surface area contributed by atoms with Gasteiger partial charge < -0.3 is 11.1 Å². The average Bonchev–Trinajstić information content (AvgIpc) is 2.35. The molecule has 0 aliphatic heterocycles. The Hall–Kier alpha value is -2.38. The molecule has 0 aliphatic rings. The van der Waals surface area contributed by atoms with E-state index >= 15 is 0 Å². The van der Waals surface area contributed by atoms with Gasteiger partial charge in [-0.3, -0.25) is 0 Å². The van der Waals surface area contributed by atoms with Gasteiger partial charge in [0.05, 0.1) is 23.3 Å². The van der Waals surface area contributed by atoms with Gasteiger partial charge >= 0.3 is 6.18 Å². The highest BCUT2D eigenvalue weighted by atomic mass is 19.4. The van der Waals surface area contributed by atoms with E-state index in [1.165, 1.54) is 0 Å². The van der Waals surface area contributed by atoms with Crippen LogP contribution in [-0.4, -0.2) is 4.98 Å². The Morgan fingerprint density at radius 1 is 1.05 bits per heavy atom. The second-order valence-electron chi connectivity index (χ2n) is 3.90. The van der Waals surface area contributed by atoms with Crippen LogP contribution in [0, 0.1) is 11.6 Å². The van der Waals surface area contributed by atoms with Gasteiger partial charge in [0.2, 0.25) is 0 Å². The molecular formula is C12H8F5N3. The molecule has 1 heterocycles. The molecule has 20 heavy (non-hydrogen) atoms. The van der Waals surface area contributed by atoms with Crippen molar-refractivity contribution in [1.29, 1.82) is 0 Å². The molecule has 1 aromatic carbocycles. The molecule has 0 unspecified atom stereocenters. The fourth-order valence-corrected chi connectivity index (χ4v) is 1.47. The molecule has 3 N–H and O–H groups in total. The van der Waals surface area contributed by atoms with E-state index in [2.05, 4.69) is 10.3 Å². The maximum Gasteiger partial charge on any atom is 0.433 e. The molecule has 0 saturated carbocycles. The largest absolute Gasteiger partial charge is 0.433 e. The van der Waals surface area contributed by atoms with Crippen molar-refractivity contribution in [2.45, 2.75) is 6.18 Å². The van der Waals surface area contributed by atoms with Crippen LogP contribution >= 0.6 is 0 Å². The van der Waals surface area contributed by atoms with Crippen LogP contribution in [0.5, 0.6) is 0 Å². The first-order valence-corrected chi connectivity index (χ1v) is 5.32. The lowest BCUT2D eigenvalue weighted by Crippen LogP contribution is -2.10. The summed E-state index contributed by atoms with van der Waals surface area (Å²) in [6.45, 7) is 0. The number of anilines is 3. The zero-order valence-electron chi connectivity index (χ0n) is 9.80. The first-order chi connectivity index (χ1) is 9.27. The summed E-state index contributed by atoms with van der Waals surface area (Å²) < 4.78 is 64.0. The number of nitrogens with two attached hydrogens (primary N) is 1. The molecule has 0 spiro atoms. The summed E-state index contributed by atoms with van der Waals surface area (Å²) in [5, 5.41) is 2.31. The van der Waals surface area contributed by atoms with Gasteiger partial charge in [0.15, 0.2) is 0 Å². The van der Waals surface area contributed by atoms with Crippen LogP contribution in [0.15, 0.2) is 30.5 Å². The van der Waals surface area contributed by atoms with Gasteiger partial charge in [0.1, 0.15) is 17.3 Å². The number of halogens is 5. The predicted molar refractivity (Wildman–Crippen MR) is 63.3 cm³/mol. The fourth-order valence-electron chi connectivity index (χ4n) is 1.47. The Morgan fingerprint density at radius 3 is 2.40 bits per heavy atom. The molecule has 2 rings (SSSR count). The van der Waals surface area contributed by atoms with Gasteiger partial charge in [0.25, 0.3) is 0 Å². The van der Waals surface area contributed by atoms with Crippen molar-refractivity contribution >= 4 is 17.1 Å². The maximum absolute atomic E-state index is 13.4. The van der Waals surface area contributed by atoms with E-state index in [0.717, 1.165) is 24.4 Å². The Balaban J connectivity index is 2.40. The highest BCUT2D eigenvalue weighted by molar-refractivity contribution is 5.72. The monoisotopic (exact) mass is 289 g/mol. The first-order valence-electron chi connectivity index (χ1n) is 5.32. The summed E-state index contributed by atoms with van der Waals surface area (Å²) in [6, 6.07) is 3.17. The molecule has 2 aromatic rings. The Labute approximate surface area is 110 Å². The quantitative estimate of drug-likeness (QED) is 0.829. The van der Waals surface area contributed by atoms with Crippen LogP contribution in [0.1, 0.15) is 5.69 Å². The van der Waals surface area contributed by atoms with Crippen LogP contribution in [0.4, 0.5) is 39.0 Å². The highest BCUT2D eigenvalue weighted by Gasteiger charge is 2.33. The molecule has 0 atom stereocenters. The van der Waals surface area contributed by atoms with Crippen molar-refractivity contribution in [2.75, 3.05) is 11.1 Å². The number of nitrogens with zero attached hydrogens (tertiary/aromatic N) is 1. The Morgan fingerprint density at radius 2 is 1.75 bits per heavy atom. The van der Waals surface area contributed by atoms with Crippen LogP contribution in [-0.2, 0) is 6.18 Å². The van der Waals surface area contributed by atoms with Gasteiger partial charge in [-0.05, 0) is 18.2 Å². The molecular weight excluding hydrogens is 281 g/mol.